The minimum Gasteiger partial charge on any atom is -0.508 e. The van der Waals surface area contributed by atoms with Gasteiger partial charge in [0.2, 0.25) is 0 Å². The second kappa shape index (κ2) is 5.76. The Hall–Kier alpha value is -2.00. The van der Waals surface area contributed by atoms with Gasteiger partial charge in [-0.25, -0.2) is 0 Å². The first-order valence-corrected chi connectivity index (χ1v) is 6.29. The predicted octanol–water partition coefficient (Wildman–Crippen LogP) is 3.54. The van der Waals surface area contributed by atoms with Gasteiger partial charge in [0, 0.05) is 10.6 Å². The Kier molecular flexibility index (Phi) is 4.07. The highest BCUT2D eigenvalue weighted by Crippen LogP contribution is 2.17. The summed E-state index contributed by atoms with van der Waals surface area (Å²) in [6.07, 6.45) is 0. The summed E-state index contributed by atoms with van der Waals surface area (Å²) in [6.45, 7) is 1.89. The van der Waals surface area contributed by atoms with Crippen LogP contribution in [0.3, 0.4) is 0 Å². The number of hydrogen-bond acceptors (Lipinski definition) is 2. The average Bonchev–Trinajstić information content (AvgIpc) is 2.39. The van der Waals surface area contributed by atoms with E-state index in [1.54, 1.807) is 24.3 Å². The largest absolute Gasteiger partial charge is 0.508 e. The SMILES string of the molecule is CC(NC(=O)c1cccc(O)c1)c1ccc(Cl)cc1. The fourth-order valence-electron chi connectivity index (χ4n) is 1.76. The van der Waals surface area contributed by atoms with Gasteiger partial charge in [0.05, 0.1) is 6.04 Å². The van der Waals surface area contributed by atoms with E-state index < -0.39 is 0 Å². The van der Waals surface area contributed by atoms with Gasteiger partial charge in [-0.05, 0) is 42.8 Å². The molecule has 2 rings (SSSR count). The third-order valence-electron chi connectivity index (χ3n) is 2.83. The fraction of sp³-hybridized carbons (Fsp3) is 0.133. The fourth-order valence-corrected chi connectivity index (χ4v) is 1.89. The normalized spacial score (nSPS) is 11.9. The highest BCUT2D eigenvalue weighted by atomic mass is 35.5. The number of nitrogens with one attached hydrogen (secondary N) is 1. The quantitative estimate of drug-likeness (QED) is 0.900. The van der Waals surface area contributed by atoms with Crippen molar-refractivity contribution in [1.29, 1.82) is 0 Å². The van der Waals surface area contributed by atoms with Gasteiger partial charge in [-0.2, -0.15) is 0 Å². The third-order valence-corrected chi connectivity index (χ3v) is 3.08. The maximum Gasteiger partial charge on any atom is 0.251 e. The molecule has 1 amide bonds. The van der Waals surface area contributed by atoms with Crippen molar-refractivity contribution in [2.75, 3.05) is 0 Å². The summed E-state index contributed by atoms with van der Waals surface area (Å²) in [5.41, 5.74) is 1.40. The van der Waals surface area contributed by atoms with Gasteiger partial charge in [0.1, 0.15) is 5.75 Å². The van der Waals surface area contributed by atoms with Gasteiger partial charge in [0.15, 0.2) is 0 Å². The molecule has 0 spiro atoms. The molecule has 0 radical (unpaired) electrons. The highest BCUT2D eigenvalue weighted by Gasteiger charge is 2.11. The zero-order valence-electron chi connectivity index (χ0n) is 10.4. The lowest BCUT2D eigenvalue weighted by Gasteiger charge is -2.14. The van der Waals surface area contributed by atoms with Gasteiger partial charge in [0.25, 0.3) is 5.91 Å². The summed E-state index contributed by atoms with van der Waals surface area (Å²) in [6, 6.07) is 13.4. The Morgan fingerprint density at radius 3 is 2.53 bits per heavy atom. The molecule has 3 nitrogen and oxygen atoms in total. The molecular weight excluding hydrogens is 262 g/mol. The van der Waals surface area contributed by atoms with Gasteiger partial charge < -0.3 is 10.4 Å². The summed E-state index contributed by atoms with van der Waals surface area (Å²) in [4.78, 5) is 12.0. The molecule has 0 aromatic heterocycles. The smallest absolute Gasteiger partial charge is 0.251 e. The number of carbonyl (C=O) groups is 1. The highest BCUT2D eigenvalue weighted by molar-refractivity contribution is 6.30. The zero-order valence-corrected chi connectivity index (χ0v) is 11.2. The van der Waals surface area contributed by atoms with E-state index in [-0.39, 0.29) is 17.7 Å². The minimum atomic E-state index is -0.224. The van der Waals surface area contributed by atoms with Crippen LogP contribution in [0.5, 0.6) is 5.75 Å². The molecule has 19 heavy (non-hydrogen) atoms. The van der Waals surface area contributed by atoms with E-state index in [4.69, 9.17) is 11.6 Å². The second-order valence-corrected chi connectivity index (χ2v) is 4.73. The molecule has 0 aliphatic heterocycles. The summed E-state index contributed by atoms with van der Waals surface area (Å²) in [7, 11) is 0. The van der Waals surface area contributed by atoms with Gasteiger partial charge in [-0.3, -0.25) is 4.79 Å². The first-order valence-electron chi connectivity index (χ1n) is 5.91. The van der Waals surface area contributed by atoms with E-state index in [1.807, 2.05) is 19.1 Å². The van der Waals surface area contributed by atoms with E-state index in [2.05, 4.69) is 5.32 Å². The van der Waals surface area contributed by atoms with Crippen molar-refractivity contribution in [1.82, 2.24) is 5.32 Å². The summed E-state index contributed by atoms with van der Waals surface area (Å²) >= 11 is 5.82. The Balaban J connectivity index is 2.08. The van der Waals surface area contributed by atoms with Crippen LogP contribution in [-0.4, -0.2) is 11.0 Å². The van der Waals surface area contributed by atoms with Crippen molar-refractivity contribution in [3.05, 3.63) is 64.7 Å². The number of hydrogen-bond donors (Lipinski definition) is 2. The van der Waals surface area contributed by atoms with Crippen molar-refractivity contribution in [3.63, 3.8) is 0 Å². The van der Waals surface area contributed by atoms with Crippen LogP contribution in [0.25, 0.3) is 0 Å². The lowest BCUT2D eigenvalue weighted by atomic mass is 10.1. The number of phenolic OH excluding ortho intramolecular Hbond substituents is 1. The first-order chi connectivity index (χ1) is 9.06. The number of rotatable bonds is 3. The molecule has 2 aromatic rings. The van der Waals surface area contributed by atoms with E-state index in [0.717, 1.165) is 5.56 Å². The lowest BCUT2D eigenvalue weighted by Crippen LogP contribution is -2.26. The minimum absolute atomic E-state index is 0.0757. The monoisotopic (exact) mass is 275 g/mol. The molecule has 1 unspecified atom stereocenters. The van der Waals surface area contributed by atoms with Crippen molar-refractivity contribution in [3.8, 4) is 5.75 Å². The Labute approximate surface area is 116 Å². The van der Waals surface area contributed by atoms with Gasteiger partial charge >= 0.3 is 0 Å². The number of benzene rings is 2. The molecule has 1 atom stereocenters. The van der Waals surface area contributed by atoms with E-state index in [0.29, 0.717) is 10.6 Å². The third kappa shape index (κ3) is 3.48. The van der Waals surface area contributed by atoms with Crippen LogP contribution >= 0.6 is 11.6 Å². The Morgan fingerprint density at radius 1 is 1.21 bits per heavy atom. The van der Waals surface area contributed by atoms with Crippen LogP contribution in [0.1, 0.15) is 28.9 Å². The number of aromatic hydroxyl groups is 1. The standard InChI is InChI=1S/C15H14ClNO2/c1-10(11-5-7-13(16)8-6-11)17-15(19)12-3-2-4-14(18)9-12/h2-10,18H,1H3,(H,17,19). The second-order valence-electron chi connectivity index (χ2n) is 4.30. The summed E-state index contributed by atoms with van der Waals surface area (Å²) < 4.78 is 0. The van der Waals surface area contributed by atoms with Crippen LogP contribution in [0, 0.1) is 0 Å². The van der Waals surface area contributed by atoms with Crippen molar-refractivity contribution >= 4 is 17.5 Å². The van der Waals surface area contributed by atoms with Gasteiger partial charge in [-0.15, -0.1) is 0 Å². The van der Waals surface area contributed by atoms with Crippen LogP contribution in [0.15, 0.2) is 48.5 Å². The molecule has 0 fully saturated rings. The average molecular weight is 276 g/mol. The molecule has 0 bridgehead atoms. The Bertz CT molecular complexity index is 581. The number of carbonyl (C=O) groups excluding carboxylic acids is 1. The van der Waals surface area contributed by atoms with Gasteiger partial charge in [-0.1, -0.05) is 29.8 Å². The molecule has 4 heteroatoms. The van der Waals surface area contributed by atoms with Crippen molar-refractivity contribution in [2.45, 2.75) is 13.0 Å². The molecular formula is C15H14ClNO2. The first kappa shape index (κ1) is 13.4. The number of halogens is 1. The topological polar surface area (TPSA) is 49.3 Å². The van der Waals surface area contributed by atoms with Crippen LogP contribution in [0.2, 0.25) is 5.02 Å². The molecule has 2 N–H and O–H groups in total. The van der Waals surface area contributed by atoms with Crippen molar-refractivity contribution < 1.29 is 9.90 Å². The molecule has 0 aliphatic carbocycles. The lowest BCUT2D eigenvalue weighted by molar-refractivity contribution is 0.0939. The molecule has 2 aromatic carbocycles. The molecule has 0 aliphatic rings. The molecule has 0 heterocycles. The number of amides is 1. The van der Waals surface area contributed by atoms with Crippen molar-refractivity contribution in [2.24, 2.45) is 0 Å². The molecule has 0 saturated carbocycles. The molecule has 98 valence electrons. The van der Waals surface area contributed by atoms with E-state index in [9.17, 15) is 9.90 Å². The van der Waals surface area contributed by atoms with Crippen LogP contribution in [0.4, 0.5) is 0 Å². The van der Waals surface area contributed by atoms with Crippen LogP contribution in [-0.2, 0) is 0 Å². The summed E-state index contributed by atoms with van der Waals surface area (Å²) in [5, 5.41) is 12.9. The maximum absolute atomic E-state index is 12.0. The van der Waals surface area contributed by atoms with E-state index >= 15 is 0 Å². The van der Waals surface area contributed by atoms with E-state index in [1.165, 1.54) is 12.1 Å². The summed E-state index contributed by atoms with van der Waals surface area (Å²) in [5.74, 6) is -0.148. The Morgan fingerprint density at radius 2 is 1.89 bits per heavy atom. The number of phenols is 1. The maximum atomic E-state index is 12.0. The molecule has 0 saturated heterocycles. The predicted molar refractivity (Wildman–Crippen MR) is 75.4 cm³/mol. The zero-order chi connectivity index (χ0) is 13.8. The van der Waals surface area contributed by atoms with Crippen LogP contribution < -0.4 is 5.32 Å².